The first-order valence-electron chi connectivity index (χ1n) is 18.5. The molecule has 56 heavy (non-hydrogen) atoms. The fraction of sp³-hybridized carbons (Fsp3) is 0.595. The molecule has 3 heterocycles. The minimum Gasteiger partial charge on any atom is -0.496 e. The van der Waals surface area contributed by atoms with Crippen molar-refractivity contribution in [1.29, 1.82) is 0 Å². The second-order valence-corrected chi connectivity index (χ2v) is 17.4. The van der Waals surface area contributed by atoms with Crippen LogP contribution in [0.1, 0.15) is 65.7 Å². The molecule has 0 radical (unpaired) electrons. The highest BCUT2D eigenvalue weighted by atomic mass is 32.2. The number of hydrogen-bond acceptors (Lipinski definition) is 9. The van der Waals surface area contributed by atoms with Crippen LogP contribution in [0, 0.1) is 23.6 Å². The summed E-state index contributed by atoms with van der Waals surface area (Å²) in [7, 11) is -2.70. The Kier molecular flexibility index (Phi) is 11.2. The number of hydrogen-bond donors (Lipinski definition) is 3. The van der Waals surface area contributed by atoms with Crippen molar-refractivity contribution >= 4 is 44.6 Å². The fourth-order valence-corrected chi connectivity index (χ4v) is 9.33. The summed E-state index contributed by atoms with van der Waals surface area (Å²) in [6.45, 7) is 3.51. The molecule has 0 unspecified atom stereocenters. The Bertz CT molecular complexity index is 2030. The van der Waals surface area contributed by atoms with Crippen LogP contribution in [-0.2, 0) is 24.4 Å². The second kappa shape index (κ2) is 15.3. The van der Waals surface area contributed by atoms with E-state index in [0.717, 1.165) is 17.0 Å². The number of amides is 4. The van der Waals surface area contributed by atoms with Crippen molar-refractivity contribution in [2.75, 3.05) is 13.7 Å². The third-order valence-corrected chi connectivity index (χ3v) is 13.1. The van der Waals surface area contributed by atoms with Crippen LogP contribution < -0.4 is 19.5 Å². The Morgan fingerprint density at radius 3 is 2.50 bits per heavy atom. The Labute approximate surface area is 321 Å². The molecule has 14 nitrogen and oxygen atoms in total. The smallest absolute Gasteiger partial charge is 0.408 e. The molecule has 19 heteroatoms. The van der Waals surface area contributed by atoms with Crippen molar-refractivity contribution in [2.45, 2.75) is 107 Å². The number of ether oxygens (including phenoxy) is 2. The topological polar surface area (TPSA) is 185 Å². The fourth-order valence-electron chi connectivity index (χ4n) is 7.97. The standard InChI is InChI=1S/C37H45F4N5O9S/c1-19-7-5-6-8-22-17-36(22,34(49)44-56(52,53)25-9-10-25)43-31(47)28-16-24(55-32-27-14-23(38)15-29(54-4)26(27)11-12-42-32)18-45(28)33(48)30(20(2)13-19)46(35(50)51)21(3)37(39,40)41/h6,8,11-12,14-15,19-22,24-25,28,30H,5,7,9-10,13,16-18H2,1-4H3,(H,43,47)(H,44,49)(H,50,51)/b8-6-/t19-,20-,21-,22-,24-,28+,30+,36-/m1/s1. The molecule has 4 aliphatic rings. The zero-order valence-electron chi connectivity index (χ0n) is 31.2. The number of carboxylic acid groups (broad SMARTS) is 1. The quantitative estimate of drug-likeness (QED) is 0.253. The van der Waals surface area contributed by atoms with Gasteiger partial charge >= 0.3 is 12.3 Å². The summed E-state index contributed by atoms with van der Waals surface area (Å²) in [5, 5.41) is 12.8. The highest BCUT2D eigenvalue weighted by Crippen LogP contribution is 2.46. The van der Waals surface area contributed by atoms with E-state index in [1.807, 2.05) is 6.92 Å². The third kappa shape index (κ3) is 8.23. The van der Waals surface area contributed by atoms with Crippen LogP contribution in [0.15, 0.2) is 36.5 Å². The predicted molar refractivity (Wildman–Crippen MR) is 192 cm³/mol. The summed E-state index contributed by atoms with van der Waals surface area (Å²) in [5.41, 5.74) is -1.73. The number of carbonyl (C=O) groups excluding carboxylic acids is 3. The molecular weight excluding hydrogens is 766 g/mol. The maximum absolute atomic E-state index is 14.8. The molecule has 2 aromatic rings. The number of nitrogens with one attached hydrogen (secondary N) is 2. The molecule has 1 saturated heterocycles. The highest BCUT2D eigenvalue weighted by molar-refractivity contribution is 7.91. The Hall–Kier alpha value is -4.68. The Morgan fingerprint density at radius 2 is 1.86 bits per heavy atom. The molecule has 2 aliphatic heterocycles. The maximum Gasteiger partial charge on any atom is 0.408 e. The van der Waals surface area contributed by atoms with Gasteiger partial charge in [0, 0.05) is 30.0 Å². The third-order valence-electron chi connectivity index (χ3n) is 11.3. The van der Waals surface area contributed by atoms with Crippen molar-refractivity contribution < 1.29 is 59.7 Å². The molecule has 6 rings (SSSR count). The van der Waals surface area contributed by atoms with E-state index in [2.05, 4.69) is 15.0 Å². The molecule has 2 saturated carbocycles. The van der Waals surface area contributed by atoms with Crippen LogP contribution >= 0.6 is 0 Å². The van der Waals surface area contributed by atoms with E-state index in [-0.39, 0.29) is 47.1 Å². The van der Waals surface area contributed by atoms with Gasteiger partial charge in [0.1, 0.15) is 41.3 Å². The van der Waals surface area contributed by atoms with E-state index in [9.17, 15) is 50.3 Å². The minimum atomic E-state index is -5.06. The van der Waals surface area contributed by atoms with Gasteiger partial charge in [0.2, 0.25) is 27.7 Å². The van der Waals surface area contributed by atoms with Crippen LogP contribution in [0.25, 0.3) is 10.8 Å². The SMILES string of the molecule is COc1cc(F)cc2c(O[C@@H]3C[C@H]4C(=O)N[C@]5(C(=O)NS(=O)(=O)C6CC6)C[C@H]5/C=C\CC[C@@H](C)C[C@@H](C)[C@H](N(C(=O)O)[C@H](C)C(F)(F)F)C(=O)N4C3)nccc12. The monoisotopic (exact) mass is 811 g/mol. The van der Waals surface area contributed by atoms with Gasteiger partial charge in [-0.25, -0.2) is 22.6 Å². The summed E-state index contributed by atoms with van der Waals surface area (Å²) in [6.07, 6.45) is -1.75. The zero-order chi connectivity index (χ0) is 40.9. The molecule has 0 spiro atoms. The number of rotatable bonds is 8. The van der Waals surface area contributed by atoms with Crippen molar-refractivity contribution in [2.24, 2.45) is 17.8 Å². The number of methoxy groups -OCH3 is 1. The number of allylic oxidation sites excluding steroid dienone is 1. The van der Waals surface area contributed by atoms with Crippen molar-refractivity contribution in [3.63, 3.8) is 0 Å². The lowest BCUT2D eigenvalue weighted by Crippen LogP contribution is -2.62. The number of carbonyl (C=O) groups is 4. The highest BCUT2D eigenvalue weighted by Gasteiger charge is 2.62. The van der Waals surface area contributed by atoms with Gasteiger partial charge in [-0.3, -0.25) is 24.0 Å². The van der Waals surface area contributed by atoms with Crippen molar-refractivity contribution in [3.05, 3.63) is 42.4 Å². The van der Waals surface area contributed by atoms with Crippen LogP contribution in [0.2, 0.25) is 0 Å². The van der Waals surface area contributed by atoms with Crippen LogP contribution in [-0.4, -0.2) is 107 Å². The molecule has 1 aromatic carbocycles. The maximum atomic E-state index is 14.8. The van der Waals surface area contributed by atoms with Crippen molar-refractivity contribution in [3.8, 4) is 11.6 Å². The van der Waals surface area contributed by atoms with Gasteiger partial charge in [0.25, 0.3) is 5.91 Å². The molecule has 4 amide bonds. The number of pyridine rings is 1. The first-order valence-corrected chi connectivity index (χ1v) is 20.0. The van der Waals surface area contributed by atoms with Gasteiger partial charge in [-0.05, 0) is 69.4 Å². The number of alkyl halides is 3. The van der Waals surface area contributed by atoms with E-state index in [0.29, 0.717) is 38.0 Å². The summed E-state index contributed by atoms with van der Waals surface area (Å²) in [6, 6.07) is -2.20. The lowest BCUT2D eigenvalue weighted by atomic mass is 9.86. The number of sulfonamides is 1. The molecule has 306 valence electrons. The Balaban J connectivity index is 1.41. The average molecular weight is 812 g/mol. The van der Waals surface area contributed by atoms with Crippen LogP contribution in [0.4, 0.5) is 22.4 Å². The summed E-state index contributed by atoms with van der Waals surface area (Å²) in [5.74, 6) is -5.41. The van der Waals surface area contributed by atoms with Gasteiger partial charge in [-0.15, -0.1) is 0 Å². The average Bonchev–Trinajstić information content (AvgIpc) is 4.04. The van der Waals surface area contributed by atoms with Crippen LogP contribution in [0.5, 0.6) is 11.6 Å². The van der Waals surface area contributed by atoms with E-state index in [1.165, 1.54) is 20.2 Å². The van der Waals surface area contributed by atoms with E-state index in [1.54, 1.807) is 18.2 Å². The minimum absolute atomic E-state index is 0.0281. The second-order valence-electron chi connectivity index (χ2n) is 15.4. The van der Waals surface area contributed by atoms with E-state index < -0.39 is 99.2 Å². The Morgan fingerprint density at radius 1 is 1.14 bits per heavy atom. The normalized spacial score (nSPS) is 29.8. The largest absolute Gasteiger partial charge is 0.496 e. The first kappa shape index (κ1) is 41.0. The number of halogens is 4. The number of fused-ring (bicyclic) bond motifs is 3. The summed E-state index contributed by atoms with van der Waals surface area (Å²) in [4.78, 5) is 60.9. The van der Waals surface area contributed by atoms with Crippen LogP contribution in [0.3, 0.4) is 0 Å². The number of nitrogens with zero attached hydrogens (tertiary/aromatic N) is 3. The number of aromatic nitrogens is 1. The molecule has 8 atom stereocenters. The summed E-state index contributed by atoms with van der Waals surface area (Å²) >= 11 is 0. The van der Waals surface area contributed by atoms with Gasteiger partial charge < -0.3 is 24.8 Å². The first-order chi connectivity index (χ1) is 26.3. The van der Waals surface area contributed by atoms with E-state index >= 15 is 0 Å². The molecule has 1 aromatic heterocycles. The molecule has 0 bridgehead atoms. The summed E-state index contributed by atoms with van der Waals surface area (Å²) < 4.78 is 96.7. The predicted octanol–water partition coefficient (Wildman–Crippen LogP) is 4.53. The molecule has 3 fully saturated rings. The molecule has 3 N–H and O–H groups in total. The van der Waals surface area contributed by atoms with Gasteiger partial charge in [-0.2, -0.15) is 13.2 Å². The lowest BCUT2D eigenvalue weighted by molar-refractivity contribution is -0.184. The van der Waals surface area contributed by atoms with Gasteiger partial charge in [0.05, 0.1) is 24.3 Å². The van der Waals surface area contributed by atoms with Gasteiger partial charge in [-0.1, -0.05) is 26.0 Å². The number of benzene rings is 1. The van der Waals surface area contributed by atoms with Crippen molar-refractivity contribution in [1.82, 2.24) is 24.8 Å². The molecular formula is C37H45F4N5O9S. The van der Waals surface area contributed by atoms with E-state index in [4.69, 9.17) is 9.47 Å². The lowest BCUT2D eigenvalue weighted by Gasteiger charge is -2.40. The van der Waals surface area contributed by atoms with Gasteiger partial charge in [0.15, 0.2) is 0 Å². The molecule has 2 aliphatic carbocycles. The zero-order valence-corrected chi connectivity index (χ0v) is 32.0.